The fourth-order valence-corrected chi connectivity index (χ4v) is 3.64. The van der Waals surface area contributed by atoms with Crippen LogP contribution in [0.1, 0.15) is 22.2 Å². The summed E-state index contributed by atoms with van der Waals surface area (Å²) in [5.41, 5.74) is 4.15. The number of aromatic nitrogens is 1. The summed E-state index contributed by atoms with van der Waals surface area (Å²) in [6.45, 7) is 2.16. The molecule has 0 fully saturated rings. The first-order chi connectivity index (χ1) is 10.8. The molecule has 2 aromatic heterocycles. The molecule has 0 unspecified atom stereocenters. The van der Waals surface area contributed by atoms with E-state index in [0.717, 1.165) is 23.7 Å². The number of hydrogen-bond acceptors (Lipinski definition) is 5. The molecule has 5 heteroatoms. The van der Waals surface area contributed by atoms with Crippen molar-refractivity contribution in [3.8, 4) is 0 Å². The highest BCUT2D eigenvalue weighted by molar-refractivity contribution is 7.10. The minimum Gasteiger partial charge on any atom is -0.386 e. The lowest BCUT2D eigenvalue weighted by Crippen LogP contribution is -2.28. The molecule has 22 heavy (non-hydrogen) atoms. The summed E-state index contributed by atoms with van der Waals surface area (Å²) >= 11 is 3.20. The third-order valence-electron chi connectivity index (χ3n) is 3.42. The van der Waals surface area contributed by atoms with Crippen LogP contribution in [0.3, 0.4) is 0 Å². The van der Waals surface area contributed by atoms with Gasteiger partial charge in [0.15, 0.2) is 0 Å². The fourth-order valence-electron chi connectivity index (χ4n) is 2.39. The van der Waals surface area contributed by atoms with E-state index in [2.05, 4.69) is 27.4 Å². The van der Waals surface area contributed by atoms with E-state index in [1.165, 1.54) is 5.56 Å². The Balaban J connectivity index is 1.70. The standard InChI is InChI=1S/C17H18N2OS2/c20-16(17-7-4-8-22-17)11-19(10-15-12-21-13-18-15)9-14-5-2-1-3-6-14/h1-8,12-13,16,20H,9-11H2/t16-/m1/s1. The summed E-state index contributed by atoms with van der Waals surface area (Å²) in [5, 5.41) is 14.5. The van der Waals surface area contributed by atoms with Crippen molar-refractivity contribution in [2.45, 2.75) is 19.2 Å². The molecule has 1 aromatic carbocycles. The van der Waals surface area contributed by atoms with Crippen LogP contribution in [0.25, 0.3) is 0 Å². The van der Waals surface area contributed by atoms with Crippen LogP contribution in [0, 0.1) is 0 Å². The molecule has 0 aliphatic rings. The van der Waals surface area contributed by atoms with Crippen molar-refractivity contribution in [2.24, 2.45) is 0 Å². The maximum absolute atomic E-state index is 10.4. The summed E-state index contributed by atoms with van der Waals surface area (Å²) in [7, 11) is 0. The molecule has 114 valence electrons. The van der Waals surface area contributed by atoms with Gasteiger partial charge in [0.1, 0.15) is 6.10 Å². The Kier molecular flexibility index (Phi) is 5.34. The maximum Gasteiger partial charge on any atom is 0.101 e. The second-order valence-corrected chi connectivity index (χ2v) is 6.86. The topological polar surface area (TPSA) is 36.4 Å². The van der Waals surface area contributed by atoms with Crippen molar-refractivity contribution in [1.82, 2.24) is 9.88 Å². The average Bonchev–Trinajstić information content (AvgIpc) is 3.21. The van der Waals surface area contributed by atoms with Crippen LogP contribution in [-0.2, 0) is 13.1 Å². The number of hydrogen-bond donors (Lipinski definition) is 1. The summed E-state index contributed by atoms with van der Waals surface area (Å²) in [6, 6.07) is 14.3. The molecule has 3 nitrogen and oxygen atoms in total. The van der Waals surface area contributed by atoms with E-state index in [1.54, 1.807) is 22.7 Å². The van der Waals surface area contributed by atoms with Gasteiger partial charge in [0, 0.05) is 29.9 Å². The molecule has 1 atom stereocenters. The van der Waals surface area contributed by atoms with Crippen molar-refractivity contribution in [1.29, 1.82) is 0 Å². The Morgan fingerprint density at radius 3 is 2.64 bits per heavy atom. The van der Waals surface area contributed by atoms with Crippen LogP contribution in [0.5, 0.6) is 0 Å². The molecule has 0 amide bonds. The molecular weight excluding hydrogens is 312 g/mol. The van der Waals surface area contributed by atoms with Crippen LogP contribution >= 0.6 is 22.7 Å². The number of aliphatic hydroxyl groups is 1. The Morgan fingerprint density at radius 2 is 1.95 bits per heavy atom. The van der Waals surface area contributed by atoms with E-state index < -0.39 is 6.10 Å². The molecular formula is C17H18N2OS2. The van der Waals surface area contributed by atoms with Crippen molar-refractivity contribution < 1.29 is 5.11 Å². The third-order valence-corrected chi connectivity index (χ3v) is 5.03. The highest BCUT2D eigenvalue weighted by Crippen LogP contribution is 2.21. The van der Waals surface area contributed by atoms with Crippen LogP contribution in [-0.4, -0.2) is 21.5 Å². The fraction of sp³-hybridized carbons (Fsp3) is 0.235. The van der Waals surface area contributed by atoms with Gasteiger partial charge in [-0.1, -0.05) is 36.4 Å². The van der Waals surface area contributed by atoms with Crippen LogP contribution in [0.4, 0.5) is 0 Å². The zero-order valence-corrected chi connectivity index (χ0v) is 13.8. The first kappa shape index (κ1) is 15.4. The zero-order valence-electron chi connectivity index (χ0n) is 12.1. The smallest absolute Gasteiger partial charge is 0.101 e. The number of nitrogens with zero attached hydrogens (tertiary/aromatic N) is 2. The van der Waals surface area contributed by atoms with Gasteiger partial charge in [-0.05, 0) is 17.0 Å². The van der Waals surface area contributed by atoms with Crippen molar-refractivity contribution in [2.75, 3.05) is 6.54 Å². The molecule has 1 N–H and O–H groups in total. The van der Waals surface area contributed by atoms with Crippen molar-refractivity contribution in [3.05, 3.63) is 74.9 Å². The van der Waals surface area contributed by atoms with Gasteiger partial charge in [0.25, 0.3) is 0 Å². The number of rotatable bonds is 7. The van der Waals surface area contributed by atoms with Gasteiger partial charge in [-0.3, -0.25) is 4.90 Å². The van der Waals surface area contributed by atoms with Crippen molar-refractivity contribution in [3.63, 3.8) is 0 Å². The number of benzene rings is 1. The Labute approximate surface area is 138 Å². The summed E-state index contributed by atoms with van der Waals surface area (Å²) in [5.74, 6) is 0. The third kappa shape index (κ3) is 4.24. The first-order valence-electron chi connectivity index (χ1n) is 7.16. The number of thiazole rings is 1. The molecule has 3 aromatic rings. The van der Waals surface area contributed by atoms with Gasteiger partial charge < -0.3 is 5.11 Å². The normalized spacial score (nSPS) is 12.6. The molecule has 3 rings (SSSR count). The molecule has 0 radical (unpaired) electrons. The quantitative estimate of drug-likeness (QED) is 0.713. The SMILES string of the molecule is O[C@H](CN(Cc1ccccc1)Cc1cscn1)c1cccs1. The number of thiophene rings is 1. The second-order valence-electron chi connectivity index (χ2n) is 5.17. The van der Waals surface area contributed by atoms with E-state index in [4.69, 9.17) is 0 Å². The maximum atomic E-state index is 10.4. The minimum absolute atomic E-state index is 0.456. The van der Waals surface area contributed by atoms with Gasteiger partial charge in [-0.15, -0.1) is 22.7 Å². The first-order valence-corrected chi connectivity index (χ1v) is 8.98. The molecule has 0 bridgehead atoms. The molecule has 0 aliphatic heterocycles. The Hall–Kier alpha value is -1.53. The molecule has 0 saturated carbocycles. The summed E-state index contributed by atoms with van der Waals surface area (Å²) < 4.78 is 0. The molecule has 0 spiro atoms. The van der Waals surface area contributed by atoms with Gasteiger partial charge >= 0.3 is 0 Å². The van der Waals surface area contributed by atoms with Gasteiger partial charge in [0.2, 0.25) is 0 Å². The lowest BCUT2D eigenvalue weighted by atomic mass is 10.2. The number of aliphatic hydroxyl groups excluding tert-OH is 1. The van der Waals surface area contributed by atoms with Crippen molar-refractivity contribution >= 4 is 22.7 Å². The predicted octanol–water partition coefficient (Wildman–Crippen LogP) is 3.94. The molecule has 0 aliphatic carbocycles. The molecule has 2 heterocycles. The Morgan fingerprint density at radius 1 is 1.09 bits per heavy atom. The lowest BCUT2D eigenvalue weighted by molar-refractivity contribution is 0.107. The lowest BCUT2D eigenvalue weighted by Gasteiger charge is -2.24. The Bertz CT molecular complexity index is 653. The largest absolute Gasteiger partial charge is 0.386 e. The second kappa shape index (κ2) is 7.65. The summed E-state index contributed by atoms with van der Waals surface area (Å²) in [4.78, 5) is 7.62. The molecule has 0 saturated heterocycles. The van der Waals surface area contributed by atoms with Gasteiger partial charge in [-0.2, -0.15) is 0 Å². The van der Waals surface area contributed by atoms with Crippen LogP contribution < -0.4 is 0 Å². The minimum atomic E-state index is -0.456. The van der Waals surface area contributed by atoms with E-state index in [0.29, 0.717) is 6.54 Å². The predicted molar refractivity (Wildman–Crippen MR) is 91.9 cm³/mol. The highest BCUT2D eigenvalue weighted by atomic mass is 32.1. The highest BCUT2D eigenvalue weighted by Gasteiger charge is 2.16. The zero-order chi connectivity index (χ0) is 15.2. The van der Waals surface area contributed by atoms with E-state index in [-0.39, 0.29) is 0 Å². The van der Waals surface area contributed by atoms with Crippen LogP contribution in [0.15, 0.2) is 58.7 Å². The average molecular weight is 330 g/mol. The van der Waals surface area contributed by atoms with Crippen LogP contribution in [0.2, 0.25) is 0 Å². The van der Waals surface area contributed by atoms with E-state index >= 15 is 0 Å². The van der Waals surface area contributed by atoms with Gasteiger partial charge in [0.05, 0.1) is 11.2 Å². The monoisotopic (exact) mass is 330 g/mol. The van der Waals surface area contributed by atoms with Gasteiger partial charge in [-0.25, -0.2) is 4.98 Å². The van der Waals surface area contributed by atoms with E-state index in [1.807, 2.05) is 41.2 Å². The summed E-state index contributed by atoms with van der Waals surface area (Å²) in [6.07, 6.45) is -0.456. The van der Waals surface area contributed by atoms with E-state index in [9.17, 15) is 5.11 Å².